The molecule has 0 aliphatic heterocycles. The average molecular weight is 328 g/mol. The molecule has 1 aromatic carbocycles. The van der Waals surface area contributed by atoms with E-state index >= 15 is 0 Å². The lowest BCUT2D eigenvalue weighted by molar-refractivity contribution is -0.114. The lowest BCUT2D eigenvalue weighted by Crippen LogP contribution is -2.07. The molecule has 1 aromatic heterocycles. The van der Waals surface area contributed by atoms with Crippen LogP contribution in [0.2, 0.25) is 5.02 Å². The number of halogens is 1. The maximum absolute atomic E-state index is 11.1. The minimum atomic E-state index is -1.56. The molecule has 7 heteroatoms. The molecular weight excluding hydrogens is 317 g/mol. The summed E-state index contributed by atoms with van der Waals surface area (Å²) in [6, 6.07) is 8.49. The Morgan fingerprint density at radius 1 is 1.40 bits per heavy atom. The Labute approximate surface area is 126 Å². The maximum atomic E-state index is 11.1. The molecule has 20 heavy (non-hydrogen) atoms. The van der Waals surface area contributed by atoms with Crippen molar-refractivity contribution in [3.63, 3.8) is 0 Å². The largest absolute Gasteiger partial charge is 0.363 e. The third-order valence-corrected chi connectivity index (χ3v) is 5.69. The van der Waals surface area contributed by atoms with Crippen LogP contribution in [0.1, 0.15) is 17.3 Å². The molecule has 0 radical (unpaired) electrons. The number of carbonyl (C=O) groups excluding carboxylic acids is 2. The number of thiophene rings is 1. The van der Waals surface area contributed by atoms with Crippen molar-refractivity contribution < 1.29 is 14.5 Å². The number of amides is 1. The summed E-state index contributed by atoms with van der Waals surface area (Å²) in [4.78, 5) is 32.4. The molecule has 2 N–H and O–H groups in total. The Balaban J connectivity index is 2.32. The van der Waals surface area contributed by atoms with Gasteiger partial charge in [-0.2, -0.15) is 0 Å². The van der Waals surface area contributed by atoms with Crippen molar-refractivity contribution in [1.82, 2.24) is 0 Å². The van der Waals surface area contributed by atoms with E-state index in [1.807, 2.05) is 0 Å². The molecule has 1 atom stereocenters. The number of hydrogen-bond donors (Lipinski definition) is 2. The summed E-state index contributed by atoms with van der Waals surface area (Å²) in [6.45, 7) is 1.37. The van der Waals surface area contributed by atoms with Crippen molar-refractivity contribution in [3.8, 4) is 0 Å². The first-order chi connectivity index (χ1) is 9.51. The number of anilines is 1. The maximum Gasteiger partial charge on any atom is 0.221 e. The SMILES string of the molecule is CC(=O)Nc1sc(P(O)c2ccc(Cl)cc2)cc1C=O. The van der Waals surface area contributed by atoms with Gasteiger partial charge in [-0.3, -0.25) is 9.59 Å². The second-order valence-electron chi connectivity index (χ2n) is 3.96. The van der Waals surface area contributed by atoms with Crippen LogP contribution in [0.15, 0.2) is 30.3 Å². The molecule has 0 saturated heterocycles. The zero-order chi connectivity index (χ0) is 14.7. The average Bonchev–Trinajstić information content (AvgIpc) is 2.81. The van der Waals surface area contributed by atoms with Crippen LogP contribution in [0.4, 0.5) is 5.00 Å². The summed E-state index contributed by atoms with van der Waals surface area (Å²) in [5.74, 6) is -0.254. The fourth-order valence-electron chi connectivity index (χ4n) is 1.55. The minimum Gasteiger partial charge on any atom is -0.363 e. The van der Waals surface area contributed by atoms with Gasteiger partial charge in [-0.1, -0.05) is 23.7 Å². The van der Waals surface area contributed by atoms with Crippen LogP contribution in [-0.4, -0.2) is 17.1 Å². The lowest BCUT2D eigenvalue weighted by Gasteiger charge is -2.07. The van der Waals surface area contributed by atoms with E-state index in [4.69, 9.17) is 11.6 Å². The van der Waals surface area contributed by atoms with E-state index < -0.39 is 8.15 Å². The highest BCUT2D eigenvalue weighted by Gasteiger charge is 2.17. The monoisotopic (exact) mass is 327 g/mol. The Kier molecular flexibility index (Phi) is 4.89. The van der Waals surface area contributed by atoms with Crippen LogP contribution < -0.4 is 15.2 Å². The molecule has 1 unspecified atom stereocenters. The molecule has 0 aliphatic carbocycles. The van der Waals surface area contributed by atoms with E-state index in [-0.39, 0.29) is 5.91 Å². The number of benzene rings is 1. The van der Waals surface area contributed by atoms with Crippen molar-refractivity contribution in [2.24, 2.45) is 0 Å². The van der Waals surface area contributed by atoms with Crippen LogP contribution in [0.25, 0.3) is 0 Å². The number of carbonyl (C=O) groups is 2. The van der Waals surface area contributed by atoms with Crippen molar-refractivity contribution in [3.05, 3.63) is 40.9 Å². The summed E-state index contributed by atoms with van der Waals surface area (Å²) in [6.07, 6.45) is 0.663. The Morgan fingerprint density at radius 3 is 2.60 bits per heavy atom. The molecule has 0 spiro atoms. The number of nitrogens with one attached hydrogen (secondary N) is 1. The number of aldehydes is 1. The predicted octanol–water partition coefficient (Wildman–Crippen LogP) is 2.51. The van der Waals surface area contributed by atoms with E-state index in [2.05, 4.69) is 5.32 Å². The summed E-state index contributed by atoms with van der Waals surface area (Å²) in [7, 11) is -1.56. The molecule has 1 amide bonds. The van der Waals surface area contributed by atoms with Gasteiger partial charge in [0.25, 0.3) is 0 Å². The zero-order valence-corrected chi connectivity index (χ0v) is 12.9. The highest BCUT2D eigenvalue weighted by molar-refractivity contribution is 7.73. The van der Waals surface area contributed by atoms with Gasteiger partial charge < -0.3 is 10.2 Å². The van der Waals surface area contributed by atoms with Gasteiger partial charge >= 0.3 is 0 Å². The fourth-order valence-corrected chi connectivity index (χ4v) is 4.37. The quantitative estimate of drug-likeness (QED) is 0.670. The third-order valence-electron chi connectivity index (χ3n) is 2.44. The normalized spacial score (nSPS) is 11.9. The molecule has 4 nitrogen and oxygen atoms in total. The van der Waals surface area contributed by atoms with Crippen molar-refractivity contribution in [1.29, 1.82) is 0 Å². The van der Waals surface area contributed by atoms with Crippen LogP contribution in [0.5, 0.6) is 0 Å². The molecule has 2 aromatic rings. The topological polar surface area (TPSA) is 66.4 Å². The fraction of sp³-hybridized carbons (Fsp3) is 0.0769. The molecule has 1 heterocycles. The highest BCUT2D eigenvalue weighted by Crippen LogP contribution is 2.35. The van der Waals surface area contributed by atoms with E-state index in [0.29, 0.717) is 26.5 Å². The van der Waals surface area contributed by atoms with Crippen LogP contribution in [0, 0.1) is 0 Å². The van der Waals surface area contributed by atoms with Gasteiger partial charge in [0.1, 0.15) is 5.00 Å². The summed E-state index contributed by atoms with van der Waals surface area (Å²) in [5, 5.41) is 4.37. The summed E-state index contributed by atoms with van der Waals surface area (Å²) >= 11 is 7.01. The first-order valence-electron chi connectivity index (χ1n) is 5.62. The summed E-state index contributed by atoms with van der Waals surface area (Å²) < 4.78 is 0.646. The van der Waals surface area contributed by atoms with Crippen molar-refractivity contribution in [2.75, 3.05) is 5.32 Å². The van der Waals surface area contributed by atoms with E-state index in [9.17, 15) is 14.5 Å². The second-order valence-corrected chi connectivity index (χ2v) is 7.37. The van der Waals surface area contributed by atoms with Gasteiger partial charge in [0.05, 0.1) is 12.8 Å². The first kappa shape index (κ1) is 15.1. The predicted molar refractivity (Wildman–Crippen MR) is 83.9 cm³/mol. The number of rotatable bonds is 4. The van der Waals surface area contributed by atoms with Gasteiger partial charge in [0, 0.05) is 22.8 Å². The van der Waals surface area contributed by atoms with Gasteiger partial charge in [-0.25, -0.2) is 0 Å². The molecular formula is C13H11ClNO3PS. The van der Waals surface area contributed by atoms with Gasteiger partial charge in [-0.15, -0.1) is 11.3 Å². The van der Waals surface area contributed by atoms with E-state index in [1.54, 1.807) is 30.3 Å². The van der Waals surface area contributed by atoms with Gasteiger partial charge in [-0.05, 0) is 18.2 Å². The Morgan fingerprint density at radius 2 is 2.05 bits per heavy atom. The minimum absolute atomic E-state index is 0.254. The highest BCUT2D eigenvalue weighted by atomic mass is 35.5. The second kappa shape index (κ2) is 6.46. The Bertz CT molecular complexity index is 642. The van der Waals surface area contributed by atoms with Gasteiger partial charge in [0.15, 0.2) is 6.29 Å². The lowest BCUT2D eigenvalue weighted by atomic mass is 10.3. The van der Waals surface area contributed by atoms with E-state index in [0.717, 1.165) is 5.30 Å². The van der Waals surface area contributed by atoms with Crippen molar-refractivity contribution >= 4 is 58.2 Å². The number of hydrogen-bond acceptors (Lipinski definition) is 4. The summed E-state index contributed by atoms with van der Waals surface area (Å²) in [5.41, 5.74) is 0.371. The molecule has 0 aliphatic rings. The zero-order valence-electron chi connectivity index (χ0n) is 10.5. The molecule has 104 valence electrons. The molecule has 0 saturated carbocycles. The molecule has 2 rings (SSSR count). The molecule has 0 fully saturated rings. The first-order valence-corrected chi connectivity index (χ1v) is 8.11. The van der Waals surface area contributed by atoms with Crippen molar-refractivity contribution in [2.45, 2.75) is 6.92 Å². The Hall–Kier alpha value is -1.26. The standard InChI is InChI=1S/C13H11ClNO3PS/c1-8(17)15-13-9(7-16)6-12(20-13)19(18)11-4-2-10(14)3-5-11/h2-7,18H,1H3,(H,15,17). The smallest absolute Gasteiger partial charge is 0.221 e. The third kappa shape index (κ3) is 3.44. The molecule has 0 bridgehead atoms. The van der Waals surface area contributed by atoms with Gasteiger partial charge in [0.2, 0.25) is 5.91 Å². The van der Waals surface area contributed by atoms with Crippen LogP contribution in [-0.2, 0) is 4.79 Å². The van der Waals surface area contributed by atoms with Crippen LogP contribution in [0.3, 0.4) is 0 Å². The van der Waals surface area contributed by atoms with Crippen LogP contribution >= 0.6 is 31.1 Å². The van der Waals surface area contributed by atoms with E-state index in [1.165, 1.54) is 18.3 Å².